The van der Waals surface area contributed by atoms with E-state index < -0.39 is 29.2 Å². The van der Waals surface area contributed by atoms with Crippen molar-refractivity contribution in [2.75, 3.05) is 41.8 Å². The van der Waals surface area contributed by atoms with Crippen LogP contribution >= 0.6 is 11.3 Å². The third kappa shape index (κ3) is 6.05. The topological polar surface area (TPSA) is 122 Å². The summed E-state index contributed by atoms with van der Waals surface area (Å²) in [6, 6.07) is 17.6. The van der Waals surface area contributed by atoms with Gasteiger partial charge in [0.05, 0.1) is 18.8 Å². The number of aromatic nitrogens is 2. The van der Waals surface area contributed by atoms with Gasteiger partial charge in [-0.2, -0.15) is 18.2 Å². The van der Waals surface area contributed by atoms with Gasteiger partial charge in [-0.3, -0.25) is 9.59 Å². The summed E-state index contributed by atoms with van der Waals surface area (Å²) in [5, 5.41) is 5.52. The van der Waals surface area contributed by atoms with Crippen molar-refractivity contribution < 1.29 is 27.5 Å². The molecule has 13 heteroatoms. The first-order valence-corrected chi connectivity index (χ1v) is 12.9. The van der Waals surface area contributed by atoms with Crippen LogP contribution in [0.4, 0.5) is 41.3 Å². The second kappa shape index (κ2) is 11.3. The number of primary amides is 1. The molecule has 2 aromatic carbocycles. The lowest BCUT2D eigenvalue weighted by atomic mass is 10.1. The Labute approximate surface area is 230 Å². The molecule has 0 aliphatic carbocycles. The first-order chi connectivity index (χ1) is 19.2. The quantitative estimate of drug-likeness (QED) is 0.196. The lowest BCUT2D eigenvalue weighted by Crippen LogP contribution is -2.36. The van der Waals surface area contributed by atoms with E-state index in [2.05, 4.69) is 25.5 Å². The fourth-order valence-corrected chi connectivity index (χ4v) is 5.15. The zero-order chi connectivity index (χ0) is 28.3. The zero-order valence-corrected chi connectivity index (χ0v) is 21.7. The molecule has 9 nitrogen and oxygen atoms in total. The van der Waals surface area contributed by atoms with E-state index in [9.17, 15) is 22.8 Å². The van der Waals surface area contributed by atoms with Crippen molar-refractivity contribution in [3.05, 3.63) is 78.0 Å². The Morgan fingerprint density at radius 1 is 1.00 bits per heavy atom. The van der Waals surface area contributed by atoms with Crippen molar-refractivity contribution in [1.29, 1.82) is 0 Å². The van der Waals surface area contributed by atoms with E-state index in [1.807, 2.05) is 12.1 Å². The molecule has 0 unspecified atom stereocenters. The third-order valence-electron chi connectivity index (χ3n) is 6.08. The second-order valence-corrected chi connectivity index (χ2v) is 9.81. The van der Waals surface area contributed by atoms with Gasteiger partial charge >= 0.3 is 6.18 Å². The van der Waals surface area contributed by atoms with Crippen LogP contribution in [0.2, 0.25) is 0 Å². The molecule has 1 aliphatic rings. The molecule has 1 fully saturated rings. The summed E-state index contributed by atoms with van der Waals surface area (Å²) in [5.74, 6) is -2.96. The molecule has 40 heavy (non-hydrogen) atoms. The van der Waals surface area contributed by atoms with Gasteiger partial charge in [-0.1, -0.05) is 30.3 Å². The molecule has 4 aromatic rings. The van der Waals surface area contributed by atoms with Crippen molar-refractivity contribution in [3.63, 3.8) is 0 Å². The van der Waals surface area contributed by atoms with Gasteiger partial charge in [0.15, 0.2) is 0 Å². The highest BCUT2D eigenvalue weighted by Crippen LogP contribution is 2.40. The molecule has 1 aliphatic heterocycles. The highest BCUT2D eigenvalue weighted by molar-refractivity contribution is 7.20. The standard InChI is InChI=1S/C27H23F3N6O3S/c28-27(29,30)20-15-32-26(33-17-6-8-18(9-7-17)36-10-12-39-13-11-36)35-24(20)34-25-19(22(37)23(31)38)14-21(40-25)16-4-2-1-3-5-16/h1-9,14-15H,10-13H2,(H2,31,38)(H2,32,33,34,35). The summed E-state index contributed by atoms with van der Waals surface area (Å²) in [5.41, 5.74) is 6.17. The molecule has 0 atom stereocenters. The molecular weight excluding hydrogens is 545 g/mol. The first kappa shape index (κ1) is 27.1. The number of alkyl halides is 3. The Hall–Kier alpha value is -4.49. The first-order valence-electron chi connectivity index (χ1n) is 12.1. The number of anilines is 5. The van der Waals surface area contributed by atoms with Crippen LogP contribution in [0, 0.1) is 0 Å². The monoisotopic (exact) mass is 568 g/mol. The van der Waals surface area contributed by atoms with Gasteiger partial charge in [-0.25, -0.2) is 4.98 Å². The average Bonchev–Trinajstić information content (AvgIpc) is 3.37. The Morgan fingerprint density at radius 3 is 2.35 bits per heavy atom. The Kier molecular flexibility index (Phi) is 7.67. The molecule has 0 spiro atoms. The molecule has 0 saturated carbocycles. The maximum Gasteiger partial charge on any atom is 0.421 e. The maximum absolute atomic E-state index is 13.9. The van der Waals surface area contributed by atoms with E-state index in [0.29, 0.717) is 35.5 Å². The summed E-state index contributed by atoms with van der Waals surface area (Å²) < 4.78 is 47.1. The van der Waals surface area contributed by atoms with Crippen molar-refractivity contribution in [2.24, 2.45) is 5.73 Å². The number of amides is 1. The van der Waals surface area contributed by atoms with Crippen LogP contribution in [0.3, 0.4) is 0 Å². The number of rotatable bonds is 8. The maximum atomic E-state index is 13.9. The number of morpholine rings is 1. The number of hydrogen-bond donors (Lipinski definition) is 3. The largest absolute Gasteiger partial charge is 0.421 e. The van der Waals surface area contributed by atoms with Crippen molar-refractivity contribution in [1.82, 2.24) is 9.97 Å². The van der Waals surface area contributed by atoms with Crippen LogP contribution in [-0.2, 0) is 15.7 Å². The van der Waals surface area contributed by atoms with Gasteiger partial charge in [0.25, 0.3) is 11.7 Å². The molecule has 3 heterocycles. The number of hydrogen-bond acceptors (Lipinski definition) is 9. The van der Waals surface area contributed by atoms with Gasteiger partial charge in [0.2, 0.25) is 5.95 Å². The summed E-state index contributed by atoms with van der Waals surface area (Å²) in [7, 11) is 0. The molecule has 206 valence electrons. The lowest BCUT2D eigenvalue weighted by molar-refractivity contribution is -0.137. The molecular formula is C27H23F3N6O3S. The van der Waals surface area contributed by atoms with Gasteiger partial charge < -0.3 is 26.0 Å². The van der Waals surface area contributed by atoms with Crippen LogP contribution in [-0.4, -0.2) is 48.0 Å². The van der Waals surface area contributed by atoms with Gasteiger partial charge in [0, 0.05) is 35.5 Å². The fraction of sp³-hybridized carbons (Fsp3) is 0.185. The van der Waals surface area contributed by atoms with Crippen LogP contribution in [0.1, 0.15) is 15.9 Å². The van der Waals surface area contributed by atoms with Gasteiger partial charge in [0.1, 0.15) is 16.4 Å². The molecule has 4 N–H and O–H groups in total. The minimum Gasteiger partial charge on any atom is -0.378 e. The van der Waals surface area contributed by atoms with Crippen molar-refractivity contribution in [2.45, 2.75) is 6.18 Å². The smallest absolute Gasteiger partial charge is 0.378 e. The molecule has 1 amide bonds. The molecule has 1 saturated heterocycles. The summed E-state index contributed by atoms with van der Waals surface area (Å²) in [6.45, 7) is 2.80. The molecule has 0 radical (unpaired) electrons. The predicted octanol–water partition coefficient (Wildman–Crippen LogP) is 5.22. The van der Waals surface area contributed by atoms with E-state index in [0.717, 1.165) is 30.1 Å². The number of benzene rings is 2. The normalized spacial score (nSPS) is 13.6. The minimum absolute atomic E-state index is 0.00679. The number of nitrogens with one attached hydrogen (secondary N) is 2. The number of carbonyl (C=O) groups excluding carboxylic acids is 2. The van der Waals surface area contributed by atoms with Gasteiger partial charge in [-0.05, 0) is 35.9 Å². The number of carbonyl (C=O) groups is 2. The Morgan fingerprint density at radius 2 is 1.70 bits per heavy atom. The van der Waals surface area contributed by atoms with Crippen LogP contribution < -0.4 is 21.3 Å². The van der Waals surface area contributed by atoms with Crippen LogP contribution in [0.15, 0.2) is 66.9 Å². The number of thiophene rings is 1. The number of ketones is 1. The lowest BCUT2D eigenvalue weighted by Gasteiger charge is -2.28. The highest BCUT2D eigenvalue weighted by Gasteiger charge is 2.36. The molecule has 0 bridgehead atoms. The second-order valence-electron chi connectivity index (χ2n) is 8.76. The number of Topliss-reactive ketones (excluding diaryl/α,β-unsaturated/α-hetero) is 1. The number of nitrogens with two attached hydrogens (primary N) is 1. The van der Waals surface area contributed by atoms with E-state index in [4.69, 9.17) is 10.5 Å². The number of ether oxygens (including phenoxy) is 1. The molecule has 5 rings (SSSR count). The van der Waals surface area contributed by atoms with E-state index in [1.54, 1.807) is 42.5 Å². The van der Waals surface area contributed by atoms with Crippen LogP contribution in [0.5, 0.6) is 0 Å². The summed E-state index contributed by atoms with van der Waals surface area (Å²) in [4.78, 5) is 34.9. The Balaban J connectivity index is 1.46. The Bertz CT molecular complexity index is 1520. The van der Waals surface area contributed by atoms with E-state index >= 15 is 0 Å². The SMILES string of the molecule is NC(=O)C(=O)c1cc(-c2ccccc2)sc1Nc1nc(Nc2ccc(N3CCOCC3)cc2)ncc1C(F)(F)F. The van der Waals surface area contributed by atoms with Crippen molar-refractivity contribution in [3.8, 4) is 10.4 Å². The fourth-order valence-electron chi connectivity index (χ4n) is 4.09. The summed E-state index contributed by atoms with van der Waals surface area (Å²) >= 11 is 0.996. The molecule has 2 aromatic heterocycles. The summed E-state index contributed by atoms with van der Waals surface area (Å²) in [6.07, 6.45) is -4.14. The zero-order valence-electron chi connectivity index (χ0n) is 20.9. The predicted molar refractivity (Wildman–Crippen MR) is 146 cm³/mol. The highest BCUT2D eigenvalue weighted by atomic mass is 32.1. The van der Waals surface area contributed by atoms with E-state index in [1.165, 1.54) is 6.07 Å². The number of nitrogens with zero attached hydrogens (tertiary/aromatic N) is 3. The van der Waals surface area contributed by atoms with Crippen LogP contribution in [0.25, 0.3) is 10.4 Å². The number of halogens is 3. The van der Waals surface area contributed by atoms with Gasteiger partial charge in [-0.15, -0.1) is 11.3 Å². The van der Waals surface area contributed by atoms with Crippen molar-refractivity contribution >= 4 is 51.2 Å². The third-order valence-corrected chi connectivity index (χ3v) is 7.18. The minimum atomic E-state index is -4.80. The average molecular weight is 569 g/mol. The van der Waals surface area contributed by atoms with E-state index in [-0.39, 0.29) is 16.5 Å².